The van der Waals surface area contributed by atoms with E-state index >= 15 is 0 Å². The van der Waals surface area contributed by atoms with Crippen molar-refractivity contribution in [3.05, 3.63) is 69.7 Å². The second-order valence-corrected chi connectivity index (χ2v) is 8.86. The summed E-state index contributed by atoms with van der Waals surface area (Å²) in [6, 6.07) is 14.6. The maximum absolute atomic E-state index is 12.0. The monoisotopic (exact) mass is 478 g/mol. The summed E-state index contributed by atoms with van der Waals surface area (Å²) in [6.07, 6.45) is 5.94. The van der Waals surface area contributed by atoms with Crippen molar-refractivity contribution in [2.45, 2.75) is 77.4 Å². The van der Waals surface area contributed by atoms with Crippen LogP contribution in [0.2, 0.25) is 10.0 Å². The average Bonchev–Trinajstić information content (AvgIpc) is 2.76. The van der Waals surface area contributed by atoms with E-state index in [0.717, 1.165) is 49.7 Å². The van der Waals surface area contributed by atoms with Crippen LogP contribution in [0.1, 0.15) is 88.5 Å². The smallest absolute Gasteiger partial charge is 0.306 e. The van der Waals surface area contributed by atoms with Gasteiger partial charge in [-0.15, -0.1) is 0 Å². The van der Waals surface area contributed by atoms with Crippen LogP contribution in [0.4, 0.5) is 0 Å². The Morgan fingerprint density at radius 3 is 1.28 bits per heavy atom. The van der Waals surface area contributed by atoms with E-state index in [-0.39, 0.29) is 24.1 Å². The third-order valence-corrected chi connectivity index (χ3v) is 5.81. The molecule has 2 aromatic rings. The number of benzene rings is 2. The fourth-order valence-corrected chi connectivity index (χ4v) is 3.61. The van der Waals surface area contributed by atoms with Crippen molar-refractivity contribution in [1.82, 2.24) is 0 Å². The van der Waals surface area contributed by atoms with E-state index in [9.17, 15) is 9.59 Å². The van der Waals surface area contributed by atoms with Crippen molar-refractivity contribution in [2.24, 2.45) is 0 Å². The molecule has 0 spiro atoms. The molecule has 6 heteroatoms. The van der Waals surface area contributed by atoms with Crippen molar-refractivity contribution in [2.75, 3.05) is 0 Å². The average molecular weight is 479 g/mol. The summed E-state index contributed by atoms with van der Waals surface area (Å²) >= 11 is 11.8. The van der Waals surface area contributed by atoms with E-state index in [0.29, 0.717) is 22.9 Å². The third kappa shape index (κ3) is 10.1. The molecule has 0 aliphatic carbocycles. The van der Waals surface area contributed by atoms with Crippen LogP contribution in [0.3, 0.4) is 0 Å². The van der Waals surface area contributed by atoms with Gasteiger partial charge in [0.05, 0.1) is 0 Å². The minimum atomic E-state index is -0.276. The molecule has 4 nitrogen and oxygen atoms in total. The lowest BCUT2D eigenvalue weighted by molar-refractivity contribution is -0.149. The largest absolute Gasteiger partial charge is 0.458 e. The zero-order chi connectivity index (χ0) is 23.3. The molecular formula is C26H32Cl2O4. The molecule has 2 atom stereocenters. The first kappa shape index (κ1) is 26.2. The maximum atomic E-state index is 12.0. The van der Waals surface area contributed by atoms with Gasteiger partial charge in [-0.3, -0.25) is 9.59 Å². The summed E-state index contributed by atoms with van der Waals surface area (Å²) in [5.74, 6) is -0.352. The summed E-state index contributed by atoms with van der Waals surface area (Å²) in [6.45, 7) is 3.73. The molecule has 2 aromatic carbocycles. The zero-order valence-electron chi connectivity index (χ0n) is 18.8. The predicted octanol–water partition coefficient (Wildman–Crippen LogP) is 8.02. The van der Waals surface area contributed by atoms with Crippen molar-refractivity contribution < 1.29 is 19.1 Å². The molecule has 2 unspecified atom stereocenters. The summed E-state index contributed by atoms with van der Waals surface area (Å²) in [5, 5.41) is 1.33. The van der Waals surface area contributed by atoms with Crippen LogP contribution in [-0.2, 0) is 19.1 Å². The van der Waals surface area contributed by atoms with Crippen LogP contribution in [0.15, 0.2) is 48.5 Å². The summed E-state index contributed by atoms with van der Waals surface area (Å²) in [5.41, 5.74) is 1.87. The predicted molar refractivity (Wildman–Crippen MR) is 129 cm³/mol. The van der Waals surface area contributed by atoms with Gasteiger partial charge in [-0.05, 0) is 62.1 Å². The molecule has 0 aliphatic rings. The highest BCUT2D eigenvalue weighted by Gasteiger charge is 2.12. The standard InChI is InChI=1S/C26H32Cl2O4/c1-19(21-11-15-23(27)16-12-21)31-25(29)9-7-5-3-4-6-8-10-26(30)32-20(2)22-13-17-24(28)18-14-22/h11-20H,3-10H2,1-2H3. The van der Waals surface area contributed by atoms with Crippen molar-refractivity contribution in [1.29, 1.82) is 0 Å². The highest BCUT2D eigenvalue weighted by molar-refractivity contribution is 6.30. The van der Waals surface area contributed by atoms with Crippen LogP contribution in [0, 0.1) is 0 Å². The SMILES string of the molecule is CC(OC(=O)CCCCCCCCC(=O)OC(C)c1ccc(Cl)cc1)c1ccc(Cl)cc1. The highest BCUT2D eigenvalue weighted by atomic mass is 35.5. The molecule has 0 aromatic heterocycles. The Morgan fingerprint density at radius 2 is 0.938 bits per heavy atom. The van der Waals surface area contributed by atoms with Gasteiger partial charge in [-0.1, -0.05) is 73.2 Å². The lowest BCUT2D eigenvalue weighted by atomic mass is 10.1. The van der Waals surface area contributed by atoms with Gasteiger partial charge >= 0.3 is 11.9 Å². The van der Waals surface area contributed by atoms with E-state index < -0.39 is 0 Å². The van der Waals surface area contributed by atoms with E-state index in [1.54, 1.807) is 24.3 Å². The number of esters is 2. The number of halogens is 2. The fraction of sp³-hybridized carbons (Fsp3) is 0.462. The van der Waals surface area contributed by atoms with Crippen LogP contribution < -0.4 is 0 Å². The van der Waals surface area contributed by atoms with Crippen LogP contribution in [0.25, 0.3) is 0 Å². The first-order valence-electron chi connectivity index (χ1n) is 11.2. The molecule has 0 saturated carbocycles. The molecule has 0 amide bonds. The number of carbonyl (C=O) groups excluding carboxylic acids is 2. The van der Waals surface area contributed by atoms with Crippen LogP contribution in [0.5, 0.6) is 0 Å². The van der Waals surface area contributed by atoms with Crippen LogP contribution in [-0.4, -0.2) is 11.9 Å². The summed E-state index contributed by atoms with van der Waals surface area (Å²) in [4.78, 5) is 24.0. The molecular weight excluding hydrogens is 447 g/mol. The van der Waals surface area contributed by atoms with Gasteiger partial charge in [0, 0.05) is 22.9 Å². The molecule has 0 bridgehead atoms. The topological polar surface area (TPSA) is 52.6 Å². The Kier molecular flexibility index (Phi) is 11.6. The number of ether oxygens (including phenoxy) is 2. The Hall–Kier alpha value is -2.04. The van der Waals surface area contributed by atoms with Crippen molar-refractivity contribution in [3.8, 4) is 0 Å². The molecule has 174 valence electrons. The Balaban J connectivity index is 1.48. The lowest BCUT2D eigenvalue weighted by Gasteiger charge is -2.14. The normalized spacial score (nSPS) is 12.8. The number of unbranched alkanes of at least 4 members (excludes halogenated alkanes) is 5. The molecule has 0 saturated heterocycles. The quantitative estimate of drug-likeness (QED) is 0.216. The third-order valence-electron chi connectivity index (χ3n) is 5.31. The Bertz CT molecular complexity index is 762. The lowest BCUT2D eigenvalue weighted by Crippen LogP contribution is -2.08. The van der Waals surface area contributed by atoms with Gasteiger partial charge in [-0.25, -0.2) is 0 Å². The molecule has 0 heterocycles. The fourth-order valence-electron chi connectivity index (χ4n) is 3.36. The highest BCUT2D eigenvalue weighted by Crippen LogP contribution is 2.21. The number of carbonyl (C=O) groups is 2. The molecule has 0 N–H and O–H groups in total. The molecule has 2 rings (SSSR count). The number of rotatable bonds is 13. The van der Waals surface area contributed by atoms with Crippen molar-refractivity contribution >= 4 is 35.1 Å². The molecule has 0 fully saturated rings. The molecule has 32 heavy (non-hydrogen) atoms. The van der Waals surface area contributed by atoms with Crippen molar-refractivity contribution in [3.63, 3.8) is 0 Å². The minimum Gasteiger partial charge on any atom is -0.458 e. The van der Waals surface area contributed by atoms with Gasteiger partial charge in [0.1, 0.15) is 12.2 Å². The van der Waals surface area contributed by atoms with E-state index in [2.05, 4.69) is 0 Å². The van der Waals surface area contributed by atoms with Gasteiger partial charge in [0.15, 0.2) is 0 Å². The Morgan fingerprint density at radius 1 is 0.625 bits per heavy atom. The van der Waals surface area contributed by atoms with E-state index in [1.165, 1.54) is 0 Å². The zero-order valence-corrected chi connectivity index (χ0v) is 20.3. The Labute approximate surface area is 201 Å². The van der Waals surface area contributed by atoms with Gasteiger partial charge in [0.2, 0.25) is 0 Å². The second-order valence-electron chi connectivity index (χ2n) is 7.99. The maximum Gasteiger partial charge on any atom is 0.306 e. The number of hydrogen-bond donors (Lipinski definition) is 0. The van der Waals surface area contributed by atoms with Gasteiger partial charge < -0.3 is 9.47 Å². The first-order valence-corrected chi connectivity index (χ1v) is 12.0. The van der Waals surface area contributed by atoms with Gasteiger partial charge in [-0.2, -0.15) is 0 Å². The van der Waals surface area contributed by atoms with E-state index in [4.69, 9.17) is 32.7 Å². The minimum absolute atomic E-state index is 0.176. The number of hydrogen-bond acceptors (Lipinski definition) is 4. The van der Waals surface area contributed by atoms with E-state index in [1.807, 2.05) is 38.1 Å². The summed E-state index contributed by atoms with van der Waals surface area (Å²) in [7, 11) is 0. The molecule has 0 aliphatic heterocycles. The second kappa shape index (κ2) is 14.2. The first-order chi connectivity index (χ1) is 15.3. The summed E-state index contributed by atoms with van der Waals surface area (Å²) < 4.78 is 11.0. The van der Waals surface area contributed by atoms with Crippen LogP contribution >= 0.6 is 23.2 Å². The van der Waals surface area contributed by atoms with Gasteiger partial charge in [0.25, 0.3) is 0 Å². The molecule has 0 radical (unpaired) electrons.